The first kappa shape index (κ1) is 11.7. The Labute approximate surface area is 104 Å². The van der Waals surface area contributed by atoms with Crippen LogP contribution in [0, 0.1) is 0 Å². The largest absolute Gasteiger partial charge is 0.362 e. The zero-order chi connectivity index (χ0) is 11.4. The van der Waals surface area contributed by atoms with Crippen molar-refractivity contribution in [3.63, 3.8) is 0 Å². The first-order valence-electron chi connectivity index (χ1n) is 5.59. The summed E-state index contributed by atoms with van der Waals surface area (Å²) in [6.45, 7) is 2.22. The van der Waals surface area contributed by atoms with Crippen molar-refractivity contribution in [3.05, 3.63) is 32.7 Å². The molecule has 0 saturated heterocycles. The summed E-state index contributed by atoms with van der Waals surface area (Å²) in [6.07, 6.45) is 6.55. The summed E-state index contributed by atoms with van der Waals surface area (Å²) < 4.78 is 1.01. The molecule has 1 aromatic rings. The van der Waals surface area contributed by atoms with Gasteiger partial charge in [-0.25, -0.2) is 4.99 Å². The van der Waals surface area contributed by atoms with E-state index in [9.17, 15) is 0 Å². The van der Waals surface area contributed by atoms with E-state index in [2.05, 4.69) is 28.7 Å². The zero-order valence-corrected chi connectivity index (χ0v) is 10.9. The number of halogens is 1. The van der Waals surface area contributed by atoms with Gasteiger partial charge in [0.25, 0.3) is 0 Å². The van der Waals surface area contributed by atoms with Gasteiger partial charge in [0.2, 0.25) is 0 Å². The smallest absolute Gasteiger partial charge is 0.146 e. The molecule has 0 bridgehead atoms. The highest BCUT2D eigenvalue weighted by molar-refractivity contribution is 7.07. The third-order valence-corrected chi connectivity index (χ3v) is 3.57. The maximum absolute atomic E-state index is 5.96. The molecule has 16 heavy (non-hydrogen) atoms. The summed E-state index contributed by atoms with van der Waals surface area (Å²) in [5, 5.41) is 7.05. The highest BCUT2D eigenvalue weighted by atomic mass is 35.5. The fourth-order valence-electron chi connectivity index (χ4n) is 1.73. The van der Waals surface area contributed by atoms with E-state index in [4.69, 9.17) is 11.6 Å². The van der Waals surface area contributed by atoms with Crippen molar-refractivity contribution < 1.29 is 0 Å². The van der Waals surface area contributed by atoms with E-state index in [1.54, 1.807) is 17.5 Å². The van der Waals surface area contributed by atoms with Crippen LogP contribution in [0.1, 0.15) is 32.6 Å². The Hall–Kier alpha value is -0.800. The van der Waals surface area contributed by atoms with Crippen LogP contribution in [-0.2, 0) is 0 Å². The standard InChI is InChI=1S/C12H15ClN2S/c1-2-3-4-5-10-9-6-7-16-12(9)15-11(13)8-14-10/h6-8,14H,2-5H2,1H3. The Bertz CT molecular complexity index is 501. The van der Waals surface area contributed by atoms with Gasteiger partial charge in [0.15, 0.2) is 0 Å². The molecule has 1 aromatic heterocycles. The van der Waals surface area contributed by atoms with Crippen LogP contribution in [0.15, 0.2) is 27.8 Å². The van der Waals surface area contributed by atoms with Crippen LogP contribution in [0.4, 0.5) is 0 Å². The second-order valence-corrected chi connectivity index (χ2v) is 5.08. The lowest BCUT2D eigenvalue weighted by atomic mass is 10.1. The third kappa shape index (κ3) is 2.66. The van der Waals surface area contributed by atoms with Gasteiger partial charge in [-0.05, 0) is 24.3 Å². The molecule has 0 spiro atoms. The average Bonchev–Trinajstić information content (AvgIpc) is 2.66. The van der Waals surface area contributed by atoms with Crippen molar-refractivity contribution in [2.45, 2.75) is 32.6 Å². The normalized spacial score (nSPS) is 14.6. The van der Waals surface area contributed by atoms with Crippen molar-refractivity contribution in [1.29, 1.82) is 0 Å². The number of unbranched alkanes of at least 4 members (excludes halogenated alkanes) is 2. The van der Waals surface area contributed by atoms with Crippen LogP contribution in [0.2, 0.25) is 0 Å². The number of thiophene rings is 1. The molecule has 0 unspecified atom stereocenters. The Morgan fingerprint density at radius 3 is 3.12 bits per heavy atom. The minimum atomic E-state index is 0.522. The number of nitrogens with zero attached hydrogens (tertiary/aromatic N) is 1. The van der Waals surface area contributed by atoms with Crippen LogP contribution < -0.4 is 15.2 Å². The summed E-state index contributed by atoms with van der Waals surface area (Å²) in [6, 6.07) is 2.11. The lowest BCUT2D eigenvalue weighted by Gasteiger charge is -2.05. The summed E-state index contributed by atoms with van der Waals surface area (Å²) in [4.78, 5) is 4.34. The number of hydrogen-bond acceptors (Lipinski definition) is 3. The lowest BCUT2D eigenvalue weighted by Crippen LogP contribution is -2.24. The molecular formula is C12H15ClN2S. The Morgan fingerprint density at radius 2 is 2.31 bits per heavy atom. The van der Waals surface area contributed by atoms with Crippen molar-refractivity contribution in [3.8, 4) is 0 Å². The van der Waals surface area contributed by atoms with Crippen molar-refractivity contribution in [2.24, 2.45) is 4.99 Å². The monoisotopic (exact) mass is 254 g/mol. The average molecular weight is 255 g/mol. The minimum Gasteiger partial charge on any atom is -0.362 e. The van der Waals surface area contributed by atoms with Gasteiger partial charge in [0.05, 0.1) is 0 Å². The Morgan fingerprint density at radius 1 is 1.44 bits per heavy atom. The fraction of sp³-hybridized carbons (Fsp3) is 0.417. The fourth-order valence-corrected chi connectivity index (χ4v) is 2.72. The second kappa shape index (κ2) is 5.51. The molecule has 2 rings (SSSR count). The molecule has 0 saturated carbocycles. The van der Waals surface area contributed by atoms with E-state index in [1.807, 2.05) is 0 Å². The maximum atomic E-state index is 5.96. The van der Waals surface area contributed by atoms with Crippen LogP contribution in [0.25, 0.3) is 5.70 Å². The van der Waals surface area contributed by atoms with Gasteiger partial charge in [-0.3, -0.25) is 0 Å². The second-order valence-electron chi connectivity index (χ2n) is 3.80. The molecule has 1 N–H and O–H groups in total. The number of hydrogen-bond donors (Lipinski definition) is 1. The van der Waals surface area contributed by atoms with Gasteiger partial charge in [-0.1, -0.05) is 31.4 Å². The molecule has 0 aromatic carbocycles. The zero-order valence-electron chi connectivity index (χ0n) is 9.29. The molecule has 0 fully saturated rings. The predicted molar refractivity (Wildman–Crippen MR) is 69.7 cm³/mol. The molecule has 0 radical (unpaired) electrons. The van der Waals surface area contributed by atoms with Gasteiger partial charge in [-0.2, -0.15) is 0 Å². The summed E-state index contributed by atoms with van der Waals surface area (Å²) in [5.74, 6) is 0. The molecule has 4 heteroatoms. The van der Waals surface area contributed by atoms with E-state index in [-0.39, 0.29) is 0 Å². The number of nitrogens with one attached hydrogen (secondary N) is 1. The van der Waals surface area contributed by atoms with Crippen molar-refractivity contribution >= 4 is 28.6 Å². The van der Waals surface area contributed by atoms with E-state index in [1.165, 1.54) is 30.2 Å². The molecule has 0 aliphatic carbocycles. The first-order valence-corrected chi connectivity index (χ1v) is 6.84. The highest BCUT2D eigenvalue weighted by Gasteiger charge is 2.04. The maximum Gasteiger partial charge on any atom is 0.146 e. The molecule has 0 amide bonds. The van der Waals surface area contributed by atoms with Crippen molar-refractivity contribution in [1.82, 2.24) is 5.32 Å². The lowest BCUT2D eigenvalue weighted by molar-refractivity contribution is 0.724. The van der Waals surface area contributed by atoms with E-state index >= 15 is 0 Å². The van der Waals surface area contributed by atoms with Gasteiger partial charge >= 0.3 is 0 Å². The molecule has 0 atom stereocenters. The SMILES string of the molecule is CCCCCC1=c2ccsc2=NC(Cl)=CN1. The highest BCUT2D eigenvalue weighted by Crippen LogP contribution is 2.09. The predicted octanol–water partition coefficient (Wildman–Crippen LogP) is 2.70. The molecule has 2 heterocycles. The molecular weight excluding hydrogens is 240 g/mol. The number of rotatable bonds is 4. The topological polar surface area (TPSA) is 24.4 Å². The van der Waals surface area contributed by atoms with Crippen LogP contribution >= 0.6 is 22.9 Å². The third-order valence-electron chi connectivity index (χ3n) is 2.57. The van der Waals surface area contributed by atoms with Gasteiger partial charge in [0, 0.05) is 17.1 Å². The van der Waals surface area contributed by atoms with E-state index < -0.39 is 0 Å². The van der Waals surface area contributed by atoms with Crippen LogP contribution in [0.3, 0.4) is 0 Å². The van der Waals surface area contributed by atoms with Crippen LogP contribution in [0.5, 0.6) is 0 Å². The molecule has 86 valence electrons. The van der Waals surface area contributed by atoms with Gasteiger partial charge in [0.1, 0.15) is 9.83 Å². The molecule has 1 aliphatic heterocycles. The quantitative estimate of drug-likeness (QED) is 0.649. The Kier molecular flexibility index (Phi) is 4.02. The first-order chi connectivity index (χ1) is 7.81. The number of fused-ring (bicyclic) bond motifs is 1. The van der Waals surface area contributed by atoms with E-state index in [0.717, 1.165) is 11.1 Å². The van der Waals surface area contributed by atoms with Gasteiger partial charge < -0.3 is 5.32 Å². The molecule has 1 aliphatic rings. The minimum absolute atomic E-state index is 0.522. The van der Waals surface area contributed by atoms with Crippen molar-refractivity contribution in [2.75, 3.05) is 0 Å². The summed E-state index contributed by atoms with van der Waals surface area (Å²) in [7, 11) is 0. The van der Waals surface area contributed by atoms with Gasteiger partial charge in [-0.15, -0.1) is 11.3 Å². The van der Waals surface area contributed by atoms with Crippen LogP contribution in [-0.4, -0.2) is 0 Å². The Balaban J connectivity index is 2.31. The summed E-state index contributed by atoms with van der Waals surface area (Å²) in [5.41, 5.74) is 1.24. The molecule has 2 nitrogen and oxygen atoms in total. The van der Waals surface area contributed by atoms with E-state index in [0.29, 0.717) is 5.16 Å². The summed E-state index contributed by atoms with van der Waals surface area (Å²) >= 11 is 7.59.